The molecule has 0 bridgehead atoms. The van der Waals surface area contributed by atoms with Crippen molar-refractivity contribution in [3.05, 3.63) is 33.8 Å². The Morgan fingerprint density at radius 3 is 2.71 bits per heavy atom. The topological polar surface area (TPSA) is 17.3 Å². The number of imidazole rings is 1. The van der Waals surface area contributed by atoms with E-state index in [0.29, 0.717) is 3.70 Å². The van der Waals surface area contributed by atoms with Crippen LogP contribution in [0.4, 0.5) is 13.2 Å². The fraction of sp³-hybridized carbons (Fsp3) is 0.125. The number of halogens is 4. The van der Waals surface area contributed by atoms with Crippen LogP contribution in [-0.4, -0.2) is 9.38 Å². The smallest absolute Gasteiger partial charge is 0.294 e. The molecule has 0 N–H and O–H groups in total. The molecule has 0 saturated carbocycles. The van der Waals surface area contributed by atoms with Crippen molar-refractivity contribution in [1.82, 2.24) is 9.38 Å². The molecule has 0 saturated heterocycles. The zero-order valence-electron chi connectivity index (χ0n) is 6.72. The molecule has 74 valence electrons. The highest BCUT2D eigenvalue weighted by atomic mass is 127. The first kappa shape index (κ1) is 9.75. The minimum atomic E-state index is -4.35. The molecule has 2 aromatic heterocycles. The maximum Gasteiger partial charge on any atom is 0.419 e. The fourth-order valence-corrected chi connectivity index (χ4v) is 1.73. The summed E-state index contributed by atoms with van der Waals surface area (Å²) in [4.78, 5) is 3.72. The second kappa shape index (κ2) is 3.11. The van der Waals surface area contributed by atoms with E-state index in [0.717, 1.165) is 6.07 Å². The number of hydrogen-bond acceptors (Lipinski definition) is 1. The molecule has 0 aliphatic heterocycles. The minimum Gasteiger partial charge on any atom is -0.294 e. The Bertz CT molecular complexity index is 475. The average molecular weight is 312 g/mol. The molecule has 0 fully saturated rings. The summed E-state index contributed by atoms with van der Waals surface area (Å²) in [5, 5.41) is 0. The van der Waals surface area contributed by atoms with Gasteiger partial charge in [-0.15, -0.1) is 0 Å². The highest BCUT2D eigenvalue weighted by molar-refractivity contribution is 14.1. The Kier molecular flexibility index (Phi) is 2.17. The van der Waals surface area contributed by atoms with Gasteiger partial charge in [-0.2, -0.15) is 13.2 Å². The van der Waals surface area contributed by atoms with Gasteiger partial charge in [-0.25, -0.2) is 4.98 Å². The number of pyridine rings is 1. The van der Waals surface area contributed by atoms with Crippen LogP contribution in [0.15, 0.2) is 24.5 Å². The van der Waals surface area contributed by atoms with Crippen molar-refractivity contribution in [2.75, 3.05) is 0 Å². The van der Waals surface area contributed by atoms with Crippen molar-refractivity contribution in [3.63, 3.8) is 0 Å². The van der Waals surface area contributed by atoms with Gasteiger partial charge in [-0.1, -0.05) is 0 Å². The zero-order chi connectivity index (χ0) is 10.3. The van der Waals surface area contributed by atoms with Gasteiger partial charge in [0.25, 0.3) is 0 Å². The Balaban J connectivity index is 2.79. The summed E-state index contributed by atoms with van der Waals surface area (Å²) in [7, 11) is 0. The van der Waals surface area contributed by atoms with E-state index in [-0.39, 0.29) is 5.65 Å². The second-order valence-corrected chi connectivity index (χ2v) is 3.80. The quantitative estimate of drug-likeness (QED) is 0.684. The molecule has 2 heterocycles. The Morgan fingerprint density at radius 1 is 1.36 bits per heavy atom. The van der Waals surface area contributed by atoms with E-state index in [2.05, 4.69) is 4.98 Å². The highest BCUT2D eigenvalue weighted by Crippen LogP contribution is 2.32. The molecule has 0 radical (unpaired) electrons. The van der Waals surface area contributed by atoms with E-state index in [9.17, 15) is 13.2 Å². The van der Waals surface area contributed by atoms with Crippen LogP contribution in [0.1, 0.15) is 5.56 Å². The number of alkyl halides is 3. The molecule has 2 aromatic rings. The van der Waals surface area contributed by atoms with Crippen LogP contribution in [0.25, 0.3) is 5.65 Å². The fourth-order valence-electron chi connectivity index (χ4n) is 1.20. The predicted octanol–water partition coefficient (Wildman–Crippen LogP) is 2.96. The summed E-state index contributed by atoms with van der Waals surface area (Å²) in [6, 6.07) is 2.39. The van der Waals surface area contributed by atoms with Gasteiger partial charge in [0.2, 0.25) is 0 Å². The lowest BCUT2D eigenvalue weighted by Crippen LogP contribution is -2.07. The van der Waals surface area contributed by atoms with Crippen LogP contribution in [0.5, 0.6) is 0 Å². The third-order valence-electron chi connectivity index (χ3n) is 1.80. The van der Waals surface area contributed by atoms with Crippen molar-refractivity contribution in [3.8, 4) is 0 Å². The van der Waals surface area contributed by atoms with E-state index in [1.165, 1.54) is 16.7 Å². The molecule has 0 spiro atoms. The van der Waals surface area contributed by atoms with Crippen molar-refractivity contribution >= 4 is 28.2 Å². The standard InChI is InChI=1S/C8H4F3IN2/c9-8(10,11)5-2-1-3-14-6(12)4-13-7(5)14/h1-4H. The summed E-state index contributed by atoms with van der Waals surface area (Å²) >= 11 is 1.93. The monoisotopic (exact) mass is 312 g/mol. The molecule has 0 amide bonds. The summed E-state index contributed by atoms with van der Waals surface area (Å²) in [6.07, 6.45) is -1.39. The lowest BCUT2D eigenvalue weighted by Gasteiger charge is -2.07. The van der Waals surface area contributed by atoms with Crippen molar-refractivity contribution in [2.45, 2.75) is 6.18 Å². The van der Waals surface area contributed by atoms with Crippen LogP contribution < -0.4 is 0 Å². The van der Waals surface area contributed by atoms with Gasteiger partial charge in [-0.05, 0) is 34.7 Å². The lowest BCUT2D eigenvalue weighted by atomic mass is 10.2. The van der Waals surface area contributed by atoms with E-state index < -0.39 is 11.7 Å². The second-order valence-electron chi connectivity index (χ2n) is 2.69. The number of hydrogen-bond donors (Lipinski definition) is 0. The molecule has 0 atom stereocenters. The molecule has 0 aromatic carbocycles. The first-order valence-corrected chi connectivity index (χ1v) is 4.77. The Morgan fingerprint density at radius 2 is 2.07 bits per heavy atom. The lowest BCUT2D eigenvalue weighted by molar-refractivity contribution is -0.136. The van der Waals surface area contributed by atoms with Gasteiger partial charge in [0.1, 0.15) is 9.35 Å². The van der Waals surface area contributed by atoms with Crippen molar-refractivity contribution < 1.29 is 13.2 Å². The summed E-state index contributed by atoms with van der Waals surface area (Å²) in [5.74, 6) is 0. The molecular weight excluding hydrogens is 308 g/mol. The van der Waals surface area contributed by atoms with Crippen molar-refractivity contribution in [1.29, 1.82) is 0 Å². The highest BCUT2D eigenvalue weighted by Gasteiger charge is 2.33. The zero-order valence-corrected chi connectivity index (χ0v) is 8.87. The van der Waals surface area contributed by atoms with Crippen LogP contribution in [-0.2, 0) is 6.18 Å². The molecular formula is C8H4F3IN2. The van der Waals surface area contributed by atoms with Gasteiger partial charge < -0.3 is 0 Å². The maximum absolute atomic E-state index is 12.5. The molecule has 2 rings (SSSR count). The van der Waals surface area contributed by atoms with Gasteiger partial charge in [0.15, 0.2) is 0 Å². The third kappa shape index (κ3) is 1.47. The largest absolute Gasteiger partial charge is 0.419 e. The average Bonchev–Trinajstić information content (AvgIpc) is 2.46. The molecule has 0 aliphatic rings. The minimum absolute atomic E-state index is 0.0515. The van der Waals surface area contributed by atoms with E-state index in [1.807, 2.05) is 22.6 Å². The summed E-state index contributed by atoms with van der Waals surface area (Å²) in [6.45, 7) is 0. The Hall–Kier alpha value is -0.790. The number of fused-ring (bicyclic) bond motifs is 1. The Labute approximate surface area is 90.9 Å². The van der Waals surface area contributed by atoms with E-state index >= 15 is 0 Å². The SMILES string of the molecule is FC(F)(F)c1cccn2c(I)cnc12. The van der Waals surface area contributed by atoms with Crippen molar-refractivity contribution in [2.24, 2.45) is 0 Å². The van der Waals surface area contributed by atoms with E-state index in [4.69, 9.17) is 0 Å². The number of aromatic nitrogens is 2. The summed E-state index contributed by atoms with van der Waals surface area (Å²) in [5.41, 5.74) is -0.757. The van der Waals surface area contributed by atoms with Gasteiger partial charge in [-0.3, -0.25) is 4.40 Å². The molecule has 14 heavy (non-hydrogen) atoms. The van der Waals surface area contributed by atoms with Gasteiger partial charge in [0, 0.05) is 6.20 Å². The summed E-state index contributed by atoms with van der Waals surface area (Å²) < 4.78 is 39.5. The van der Waals surface area contributed by atoms with Gasteiger partial charge in [0.05, 0.1) is 11.8 Å². The molecule has 0 aliphatic carbocycles. The van der Waals surface area contributed by atoms with Crippen LogP contribution in [0, 0.1) is 3.70 Å². The van der Waals surface area contributed by atoms with Crippen LogP contribution in [0.3, 0.4) is 0 Å². The predicted molar refractivity (Wildman–Crippen MR) is 52.9 cm³/mol. The number of nitrogens with zero attached hydrogens (tertiary/aromatic N) is 2. The third-order valence-corrected chi connectivity index (χ3v) is 2.59. The maximum atomic E-state index is 12.5. The number of rotatable bonds is 0. The van der Waals surface area contributed by atoms with Gasteiger partial charge >= 0.3 is 6.18 Å². The van der Waals surface area contributed by atoms with Crippen LogP contribution >= 0.6 is 22.6 Å². The normalized spacial score (nSPS) is 12.3. The van der Waals surface area contributed by atoms with Crippen LogP contribution in [0.2, 0.25) is 0 Å². The first-order chi connectivity index (χ1) is 6.50. The van der Waals surface area contributed by atoms with E-state index in [1.54, 1.807) is 6.20 Å². The first-order valence-electron chi connectivity index (χ1n) is 3.69. The molecule has 6 heteroatoms. The molecule has 0 unspecified atom stereocenters. The molecule has 2 nitrogen and oxygen atoms in total.